The Morgan fingerprint density at radius 1 is 1.11 bits per heavy atom. The van der Waals surface area contributed by atoms with Crippen molar-refractivity contribution in [1.82, 2.24) is 9.88 Å². The number of amides is 1. The van der Waals surface area contributed by atoms with Crippen molar-refractivity contribution in [2.24, 2.45) is 23.2 Å². The third-order valence-electron chi connectivity index (χ3n) is 7.64. The van der Waals surface area contributed by atoms with Gasteiger partial charge in [0, 0.05) is 35.6 Å². The molecule has 1 N–H and O–H groups in total. The van der Waals surface area contributed by atoms with Crippen LogP contribution in [0.5, 0.6) is 0 Å². The van der Waals surface area contributed by atoms with Crippen LogP contribution < -0.4 is 5.32 Å². The Hall–Kier alpha value is -1.77. The van der Waals surface area contributed by atoms with Gasteiger partial charge in [0.25, 0.3) is 0 Å². The van der Waals surface area contributed by atoms with E-state index in [1.165, 1.54) is 35.7 Å². The minimum absolute atomic E-state index is 0.00696. The van der Waals surface area contributed by atoms with Crippen molar-refractivity contribution >= 4 is 16.8 Å². The van der Waals surface area contributed by atoms with Gasteiger partial charge in [0.2, 0.25) is 5.91 Å². The second-order valence-electron chi connectivity index (χ2n) is 9.51. The number of aryl methyl sites for hydroxylation is 2. The third kappa shape index (κ3) is 2.99. The molecule has 144 valence electrons. The molecule has 3 heteroatoms. The van der Waals surface area contributed by atoms with Gasteiger partial charge in [-0.25, -0.2) is 0 Å². The van der Waals surface area contributed by atoms with Crippen molar-refractivity contribution < 1.29 is 4.79 Å². The molecule has 1 heterocycles. The molecular formula is C24H32N2O. The summed E-state index contributed by atoms with van der Waals surface area (Å²) in [6.07, 6.45) is 12.0. The Morgan fingerprint density at radius 3 is 2.44 bits per heavy atom. The number of nitrogens with one attached hydrogen (secondary N) is 1. The second-order valence-corrected chi connectivity index (χ2v) is 9.51. The van der Waals surface area contributed by atoms with Crippen molar-refractivity contribution in [3.05, 3.63) is 36.0 Å². The van der Waals surface area contributed by atoms with Crippen LogP contribution in [0.15, 0.2) is 30.5 Å². The number of hydrogen-bond acceptors (Lipinski definition) is 1. The van der Waals surface area contributed by atoms with Crippen LogP contribution in [0.1, 0.15) is 57.4 Å². The summed E-state index contributed by atoms with van der Waals surface area (Å²) < 4.78 is 2.33. The molecule has 4 bridgehead atoms. The maximum atomic E-state index is 13.1. The highest BCUT2D eigenvalue weighted by Crippen LogP contribution is 2.60. The van der Waals surface area contributed by atoms with Crippen LogP contribution in [0.2, 0.25) is 0 Å². The summed E-state index contributed by atoms with van der Waals surface area (Å²) in [5.41, 5.74) is 2.73. The predicted octanol–water partition coefficient (Wildman–Crippen LogP) is 4.93. The lowest BCUT2D eigenvalue weighted by Crippen LogP contribution is -2.53. The fraction of sp³-hybridized carbons (Fsp3) is 0.625. The van der Waals surface area contributed by atoms with Crippen molar-refractivity contribution in [3.8, 4) is 0 Å². The molecule has 0 radical (unpaired) electrons. The molecule has 0 saturated heterocycles. The van der Waals surface area contributed by atoms with E-state index in [1.54, 1.807) is 0 Å². The van der Waals surface area contributed by atoms with Gasteiger partial charge in [0.05, 0.1) is 0 Å². The van der Waals surface area contributed by atoms with Crippen LogP contribution in [-0.4, -0.2) is 17.0 Å². The molecule has 0 unspecified atom stereocenters. The summed E-state index contributed by atoms with van der Waals surface area (Å²) in [5.74, 6) is 2.88. The van der Waals surface area contributed by atoms with Crippen molar-refractivity contribution in [2.45, 2.75) is 64.8 Å². The lowest BCUT2D eigenvalue weighted by atomic mass is 9.49. The number of hydrogen-bond donors (Lipinski definition) is 1. The Bertz CT molecular complexity index is 814. The molecule has 4 fully saturated rings. The summed E-state index contributed by atoms with van der Waals surface area (Å²) in [6, 6.07) is 8.67. The first-order chi connectivity index (χ1) is 13.2. The lowest BCUT2D eigenvalue weighted by molar-refractivity contribution is -0.146. The fourth-order valence-electron chi connectivity index (χ4n) is 6.84. The highest BCUT2D eigenvalue weighted by molar-refractivity contribution is 5.84. The number of aromatic nitrogens is 1. The van der Waals surface area contributed by atoms with Crippen LogP contribution in [0, 0.1) is 23.2 Å². The van der Waals surface area contributed by atoms with Crippen molar-refractivity contribution in [3.63, 3.8) is 0 Å². The monoisotopic (exact) mass is 364 g/mol. The van der Waals surface area contributed by atoms with Gasteiger partial charge in [0.15, 0.2) is 0 Å². The maximum Gasteiger partial charge on any atom is 0.226 e. The summed E-state index contributed by atoms with van der Waals surface area (Å²) in [4.78, 5) is 13.1. The molecular weight excluding hydrogens is 332 g/mol. The topological polar surface area (TPSA) is 34.0 Å². The molecule has 1 aromatic heterocycles. The highest BCUT2D eigenvalue weighted by atomic mass is 16.2. The van der Waals surface area contributed by atoms with Crippen LogP contribution in [0.4, 0.5) is 0 Å². The number of carbonyl (C=O) groups is 1. The zero-order valence-electron chi connectivity index (χ0n) is 16.5. The quantitative estimate of drug-likeness (QED) is 0.725. The molecule has 4 saturated carbocycles. The number of nitrogens with zero attached hydrogens (tertiary/aromatic N) is 1. The van der Waals surface area contributed by atoms with Gasteiger partial charge < -0.3 is 9.88 Å². The van der Waals surface area contributed by atoms with E-state index in [0.29, 0.717) is 5.91 Å². The Morgan fingerprint density at radius 2 is 1.78 bits per heavy atom. The first kappa shape index (κ1) is 17.3. The van der Waals surface area contributed by atoms with E-state index in [9.17, 15) is 4.79 Å². The third-order valence-corrected chi connectivity index (χ3v) is 7.64. The number of rotatable bonds is 6. The normalized spacial score (nSPS) is 31.5. The molecule has 1 aromatic carbocycles. The highest BCUT2D eigenvalue weighted by Gasteiger charge is 2.54. The van der Waals surface area contributed by atoms with Crippen molar-refractivity contribution in [1.29, 1.82) is 0 Å². The fourth-order valence-corrected chi connectivity index (χ4v) is 6.84. The molecule has 4 aliphatic carbocycles. The molecule has 4 aliphatic rings. The van der Waals surface area contributed by atoms with Gasteiger partial charge >= 0.3 is 0 Å². The van der Waals surface area contributed by atoms with Gasteiger partial charge in [-0.3, -0.25) is 4.79 Å². The molecule has 0 spiro atoms. The summed E-state index contributed by atoms with van der Waals surface area (Å²) >= 11 is 0. The van der Waals surface area contributed by atoms with Gasteiger partial charge in [-0.2, -0.15) is 0 Å². The number of benzene rings is 1. The van der Waals surface area contributed by atoms with Crippen LogP contribution in [0.3, 0.4) is 0 Å². The summed E-state index contributed by atoms with van der Waals surface area (Å²) in [6.45, 7) is 4.01. The largest absolute Gasteiger partial charge is 0.356 e. The van der Waals surface area contributed by atoms with Crippen LogP contribution in [0.25, 0.3) is 10.9 Å². The molecule has 0 aliphatic heterocycles. The summed E-state index contributed by atoms with van der Waals surface area (Å²) in [5, 5.41) is 4.70. The Labute approximate surface area is 162 Å². The van der Waals surface area contributed by atoms with E-state index >= 15 is 0 Å². The predicted molar refractivity (Wildman–Crippen MR) is 110 cm³/mol. The number of fused-ring (bicyclic) bond motifs is 1. The van der Waals surface area contributed by atoms with E-state index in [2.05, 4.69) is 47.3 Å². The molecule has 27 heavy (non-hydrogen) atoms. The first-order valence-corrected chi connectivity index (χ1v) is 11.0. The van der Waals surface area contributed by atoms with Crippen LogP contribution >= 0.6 is 0 Å². The average Bonchev–Trinajstić information content (AvgIpc) is 3.02. The van der Waals surface area contributed by atoms with E-state index in [1.807, 2.05) is 0 Å². The first-order valence-electron chi connectivity index (χ1n) is 11.0. The van der Waals surface area contributed by atoms with Crippen molar-refractivity contribution in [2.75, 3.05) is 6.54 Å². The smallest absolute Gasteiger partial charge is 0.226 e. The molecule has 1 amide bonds. The maximum absolute atomic E-state index is 13.1. The van der Waals surface area contributed by atoms with E-state index in [-0.39, 0.29) is 5.41 Å². The van der Waals surface area contributed by atoms with E-state index in [0.717, 1.165) is 62.9 Å². The standard InChI is InChI=1S/C24H32N2O/c1-2-26-16-20(21-7-3-4-8-22(21)26)6-5-9-25-23(27)24-13-17-10-18(14-24)12-19(11-17)15-24/h3-4,7-8,16-19H,2,5-6,9-15H2,1H3,(H,25,27). The number of para-hydroxylation sites is 1. The molecule has 0 atom stereocenters. The van der Waals surface area contributed by atoms with Gasteiger partial charge in [0.1, 0.15) is 0 Å². The van der Waals surface area contributed by atoms with Gasteiger partial charge in [-0.05, 0) is 87.7 Å². The number of carbonyl (C=O) groups excluding carboxylic acids is 1. The molecule has 2 aromatic rings. The average molecular weight is 365 g/mol. The zero-order valence-corrected chi connectivity index (χ0v) is 16.5. The minimum atomic E-state index is -0.00696. The molecule has 3 nitrogen and oxygen atoms in total. The second kappa shape index (κ2) is 6.68. The lowest BCUT2D eigenvalue weighted by Gasteiger charge is -2.55. The SMILES string of the molecule is CCn1cc(CCCNC(=O)C23CC4CC(CC(C4)C2)C3)c2ccccc21. The Kier molecular flexibility index (Phi) is 4.29. The Balaban J connectivity index is 1.19. The zero-order chi connectivity index (χ0) is 18.4. The minimum Gasteiger partial charge on any atom is -0.356 e. The van der Waals surface area contributed by atoms with Crippen LogP contribution in [-0.2, 0) is 17.8 Å². The summed E-state index contributed by atoms with van der Waals surface area (Å²) in [7, 11) is 0. The van der Waals surface area contributed by atoms with Gasteiger partial charge in [-0.15, -0.1) is 0 Å². The van der Waals surface area contributed by atoms with Gasteiger partial charge in [-0.1, -0.05) is 18.2 Å². The molecule has 6 rings (SSSR count). The van der Waals surface area contributed by atoms with E-state index < -0.39 is 0 Å². The van der Waals surface area contributed by atoms with E-state index in [4.69, 9.17) is 0 Å².